The summed E-state index contributed by atoms with van der Waals surface area (Å²) in [6.45, 7) is 22.2. The Balaban J connectivity index is 1.60. The van der Waals surface area contributed by atoms with Crippen molar-refractivity contribution in [2.24, 2.45) is 0 Å². The summed E-state index contributed by atoms with van der Waals surface area (Å²) in [6.07, 6.45) is 9.45. The third kappa shape index (κ3) is 4.04. The molecular formula is C36H41N2O2+. The van der Waals surface area contributed by atoms with Gasteiger partial charge >= 0.3 is 0 Å². The van der Waals surface area contributed by atoms with Crippen molar-refractivity contribution in [1.29, 1.82) is 0 Å². The number of Topliss-reactive ketones (excluding diaryl/α,β-unsaturated/α-hetero) is 1. The smallest absolute Gasteiger partial charge is 0.210 e. The molecule has 1 N–H and O–H groups in total. The van der Waals surface area contributed by atoms with Crippen LogP contribution in [0.2, 0.25) is 0 Å². The molecule has 0 saturated heterocycles. The van der Waals surface area contributed by atoms with E-state index in [1.165, 1.54) is 22.3 Å². The monoisotopic (exact) mass is 533 g/mol. The molecular weight excluding hydrogens is 492 g/mol. The van der Waals surface area contributed by atoms with Gasteiger partial charge in [-0.3, -0.25) is 4.79 Å². The molecule has 4 heteroatoms. The van der Waals surface area contributed by atoms with Gasteiger partial charge in [-0.05, 0) is 61.6 Å². The standard InChI is InChI=1S/C36H40N2O2/c1-9-17-37-29-19-23(11-3)13-15-27(29)35(5,6)31(37)21-25-33(39)26(34(25)40)22-32-36(7,8)28-16-14-24(12-4)20-30(28)38(32)18-10-2/h9-10,13-16,19-22H,1-2,11-12,17-18H2,3-8H3/p+1. The SMILES string of the molecule is C=CCN1/C(=C/C2=C(O)C(=C\C3=[N+](CC=C)c4cc(CC)ccc4C3(C)C)/C2=O)C(C)(C)c2ccc(CC)cc21. The summed E-state index contributed by atoms with van der Waals surface area (Å²) < 4.78 is 2.22. The highest BCUT2D eigenvalue weighted by atomic mass is 16.3. The molecule has 0 atom stereocenters. The van der Waals surface area contributed by atoms with Gasteiger partial charge in [-0.25, -0.2) is 0 Å². The van der Waals surface area contributed by atoms with Crippen LogP contribution in [0.1, 0.15) is 63.8 Å². The molecule has 0 spiro atoms. The van der Waals surface area contributed by atoms with E-state index in [9.17, 15) is 9.90 Å². The van der Waals surface area contributed by atoms with Crippen LogP contribution in [0.15, 0.2) is 96.5 Å². The van der Waals surface area contributed by atoms with Crippen molar-refractivity contribution >= 4 is 22.9 Å². The van der Waals surface area contributed by atoms with E-state index in [0.717, 1.165) is 35.6 Å². The first-order valence-corrected chi connectivity index (χ1v) is 14.3. The number of hydrogen-bond acceptors (Lipinski definition) is 3. The summed E-state index contributed by atoms with van der Waals surface area (Å²) in [4.78, 5) is 15.8. The molecule has 40 heavy (non-hydrogen) atoms. The van der Waals surface area contributed by atoms with Crippen molar-refractivity contribution in [2.45, 2.75) is 65.2 Å². The zero-order valence-electron chi connectivity index (χ0n) is 24.8. The van der Waals surface area contributed by atoms with Crippen LogP contribution in [-0.4, -0.2) is 34.3 Å². The molecule has 0 radical (unpaired) electrons. The first-order valence-electron chi connectivity index (χ1n) is 14.3. The van der Waals surface area contributed by atoms with E-state index in [0.29, 0.717) is 24.2 Å². The molecule has 0 amide bonds. The second-order valence-electron chi connectivity index (χ2n) is 12.0. The first kappa shape index (κ1) is 27.6. The number of allylic oxidation sites excluding steroid dienone is 5. The number of anilines is 1. The fourth-order valence-corrected chi connectivity index (χ4v) is 6.46. The van der Waals surface area contributed by atoms with Gasteiger partial charge in [0.15, 0.2) is 12.3 Å². The maximum atomic E-state index is 13.6. The largest absolute Gasteiger partial charge is 0.506 e. The lowest BCUT2D eigenvalue weighted by molar-refractivity contribution is -0.425. The first-order chi connectivity index (χ1) is 19.0. The van der Waals surface area contributed by atoms with Crippen molar-refractivity contribution in [3.63, 3.8) is 0 Å². The maximum Gasteiger partial charge on any atom is 0.210 e. The highest BCUT2D eigenvalue weighted by molar-refractivity contribution is 6.24. The molecule has 4 nitrogen and oxygen atoms in total. The van der Waals surface area contributed by atoms with Gasteiger partial charge in [0, 0.05) is 41.1 Å². The summed E-state index contributed by atoms with van der Waals surface area (Å²) in [5.74, 6) is -0.0688. The Bertz CT molecular complexity index is 1580. The molecule has 2 aliphatic heterocycles. The van der Waals surface area contributed by atoms with Crippen molar-refractivity contribution in [3.8, 4) is 0 Å². The average Bonchev–Trinajstić information content (AvgIpc) is 3.28. The highest BCUT2D eigenvalue weighted by Crippen LogP contribution is 2.49. The van der Waals surface area contributed by atoms with Gasteiger partial charge in [0.25, 0.3) is 0 Å². The Hall–Kier alpha value is -3.92. The summed E-state index contributed by atoms with van der Waals surface area (Å²) >= 11 is 0. The van der Waals surface area contributed by atoms with E-state index in [4.69, 9.17) is 0 Å². The van der Waals surface area contributed by atoms with Gasteiger partial charge in [-0.15, -0.1) is 6.58 Å². The fourth-order valence-electron chi connectivity index (χ4n) is 6.46. The Morgan fingerprint density at radius 3 is 2.15 bits per heavy atom. The number of nitrogens with zero attached hydrogens (tertiary/aromatic N) is 2. The number of ketones is 1. The van der Waals surface area contributed by atoms with E-state index in [2.05, 4.69) is 101 Å². The maximum absolute atomic E-state index is 13.6. The van der Waals surface area contributed by atoms with E-state index in [-0.39, 0.29) is 22.4 Å². The van der Waals surface area contributed by atoms with Crippen LogP contribution in [0, 0.1) is 0 Å². The molecule has 3 aliphatic rings. The predicted molar refractivity (Wildman–Crippen MR) is 166 cm³/mol. The summed E-state index contributed by atoms with van der Waals surface area (Å²) in [5.41, 5.74) is 9.33. The molecule has 5 rings (SSSR count). The lowest BCUT2D eigenvalue weighted by atomic mass is 9.77. The number of fused-ring (bicyclic) bond motifs is 2. The van der Waals surface area contributed by atoms with Crippen molar-refractivity contribution in [1.82, 2.24) is 0 Å². The Labute approximate surface area is 239 Å². The molecule has 2 aromatic rings. The minimum atomic E-state index is -0.320. The van der Waals surface area contributed by atoms with Gasteiger partial charge in [-0.2, -0.15) is 4.58 Å². The number of aliphatic hydroxyl groups excluding tert-OH is 1. The Morgan fingerprint density at radius 2 is 1.55 bits per heavy atom. The molecule has 1 aliphatic carbocycles. The molecule has 0 fully saturated rings. The number of aryl methyl sites for hydroxylation is 2. The third-order valence-corrected chi connectivity index (χ3v) is 8.92. The number of aliphatic hydroxyl groups is 1. The highest BCUT2D eigenvalue weighted by Gasteiger charge is 2.47. The van der Waals surface area contributed by atoms with E-state index < -0.39 is 0 Å². The van der Waals surface area contributed by atoms with Gasteiger partial charge in [0.1, 0.15) is 5.76 Å². The van der Waals surface area contributed by atoms with Gasteiger partial charge < -0.3 is 10.0 Å². The Morgan fingerprint density at radius 1 is 0.900 bits per heavy atom. The van der Waals surface area contributed by atoms with Crippen LogP contribution in [0.25, 0.3) is 0 Å². The quantitative estimate of drug-likeness (QED) is 0.216. The molecule has 206 valence electrons. The number of benzene rings is 2. The number of carbonyl (C=O) groups is 1. The minimum absolute atomic E-state index is 0.0594. The minimum Gasteiger partial charge on any atom is -0.506 e. The molecule has 2 aromatic carbocycles. The second-order valence-corrected chi connectivity index (χ2v) is 12.0. The van der Waals surface area contributed by atoms with Crippen LogP contribution in [0.4, 0.5) is 11.4 Å². The zero-order valence-corrected chi connectivity index (χ0v) is 24.8. The van der Waals surface area contributed by atoms with Crippen LogP contribution in [0.3, 0.4) is 0 Å². The van der Waals surface area contributed by atoms with Crippen molar-refractivity contribution < 1.29 is 14.5 Å². The van der Waals surface area contributed by atoms with Crippen LogP contribution < -0.4 is 4.90 Å². The normalized spacial score (nSPS) is 20.8. The zero-order chi connectivity index (χ0) is 29.0. The second kappa shape index (κ2) is 9.92. The fraction of sp³-hybridized carbons (Fsp3) is 0.333. The lowest BCUT2D eigenvalue weighted by Crippen LogP contribution is -2.32. The molecule has 2 heterocycles. The van der Waals surface area contributed by atoms with Crippen molar-refractivity contribution in [3.05, 3.63) is 119 Å². The van der Waals surface area contributed by atoms with Crippen LogP contribution >= 0.6 is 0 Å². The summed E-state index contributed by atoms with van der Waals surface area (Å²) in [5, 5.41) is 11.3. The molecule has 0 bridgehead atoms. The lowest BCUT2D eigenvalue weighted by Gasteiger charge is -2.28. The molecule has 0 aromatic heterocycles. The molecule has 0 saturated carbocycles. The summed E-state index contributed by atoms with van der Waals surface area (Å²) in [6, 6.07) is 13.2. The third-order valence-electron chi connectivity index (χ3n) is 8.92. The van der Waals surface area contributed by atoms with Crippen molar-refractivity contribution in [2.75, 3.05) is 18.0 Å². The van der Waals surface area contributed by atoms with Gasteiger partial charge in [0.05, 0.1) is 16.6 Å². The summed E-state index contributed by atoms with van der Waals surface area (Å²) in [7, 11) is 0. The number of hydrogen-bond donors (Lipinski definition) is 1. The Kier molecular flexibility index (Phi) is 6.86. The topological polar surface area (TPSA) is 43.5 Å². The van der Waals surface area contributed by atoms with E-state index in [1.54, 1.807) is 0 Å². The van der Waals surface area contributed by atoms with Crippen LogP contribution in [-0.2, 0) is 28.5 Å². The van der Waals surface area contributed by atoms with E-state index >= 15 is 0 Å². The molecule has 0 unspecified atom stereocenters. The van der Waals surface area contributed by atoms with Crippen LogP contribution in [0.5, 0.6) is 0 Å². The number of carbonyl (C=O) groups excluding carboxylic acids is 1. The van der Waals surface area contributed by atoms with E-state index in [1.807, 2.05) is 24.3 Å². The number of rotatable bonds is 8. The average molecular weight is 534 g/mol. The van der Waals surface area contributed by atoms with Gasteiger partial charge in [-0.1, -0.05) is 64.6 Å². The predicted octanol–water partition coefficient (Wildman–Crippen LogP) is 7.56. The van der Waals surface area contributed by atoms with Gasteiger partial charge in [0.2, 0.25) is 11.5 Å².